The molecule has 2 aromatic heterocycles. The van der Waals surface area contributed by atoms with Gasteiger partial charge in [-0.1, -0.05) is 6.07 Å². The molecule has 92 valence electrons. The van der Waals surface area contributed by atoms with Gasteiger partial charge in [0.1, 0.15) is 6.07 Å². The summed E-state index contributed by atoms with van der Waals surface area (Å²) in [5, 5.41) is 9.32. The van der Waals surface area contributed by atoms with Gasteiger partial charge in [-0.2, -0.15) is 5.26 Å². The smallest absolute Gasteiger partial charge is 0.102 e. The molecule has 4 nitrogen and oxygen atoms in total. The molecular formula is C14H16N4. The van der Waals surface area contributed by atoms with Gasteiger partial charge < -0.3 is 10.1 Å². The van der Waals surface area contributed by atoms with Gasteiger partial charge in [0.15, 0.2) is 0 Å². The second kappa shape index (κ2) is 4.45. The number of aromatic nitrogens is 1. The maximum absolute atomic E-state index is 9.32. The van der Waals surface area contributed by atoms with Crippen molar-refractivity contribution in [1.29, 1.82) is 5.26 Å². The molecule has 1 aliphatic heterocycles. The van der Waals surface area contributed by atoms with E-state index in [9.17, 15) is 5.26 Å². The number of hydrogen-bond acceptors (Lipinski definition) is 3. The van der Waals surface area contributed by atoms with Crippen molar-refractivity contribution < 1.29 is 0 Å². The van der Waals surface area contributed by atoms with Crippen LogP contribution in [0.1, 0.15) is 17.5 Å². The average molecular weight is 240 g/mol. The Morgan fingerprint density at radius 2 is 2.33 bits per heavy atom. The first-order valence-corrected chi connectivity index (χ1v) is 6.24. The van der Waals surface area contributed by atoms with Crippen LogP contribution in [0.2, 0.25) is 0 Å². The Hall–Kier alpha value is -1.83. The molecule has 1 aliphatic rings. The Kier molecular flexibility index (Phi) is 2.78. The zero-order valence-electron chi connectivity index (χ0n) is 10.2. The van der Waals surface area contributed by atoms with Crippen molar-refractivity contribution in [3.63, 3.8) is 0 Å². The summed E-state index contributed by atoms with van der Waals surface area (Å²) >= 11 is 0. The first kappa shape index (κ1) is 11.3. The molecule has 0 saturated carbocycles. The minimum atomic E-state index is 0.285. The van der Waals surface area contributed by atoms with Gasteiger partial charge in [-0.15, -0.1) is 0 Å². The van der Waals surface area contributed by atoms with Crippen LogP contribution in [0.4, 0.5) is 0 Å². The predicted octanol–water partition coefficient (Wildman–Crippen LogP) is 1.34. The van der Waals surface area contributed by atoms with E-state index in [0.29, 0.717) is 0 Å². The maximum atomic E-state index is 9.32. The maximum Gasteiger partial charge on any atom is 0.102 e. The number of fused-ring (bicyclic) bond motifs is 1. The van der Waals surface area contributed by atoms with E-state index in [-0.39, 0.29) is 6.04 Å². The Morgan fingerprint density at radius 1 is 1.44 bits per heavy atom. The molecule has 1 fully saturated rings. The third-order valence-electron chi connectivity index (χ3n) is 3.58. The molecule has 0 bridgehead atoms. The van der Waals surface area contributed by atoms with Crippen molar-refractivity contribution in [1.82, 2.24) is 9.30 Å². The van der Waals surface area contributed by atoms with Crippen molar-refractivity contribution in [3.8, 4) is 6.07 Å². The van der Waals surface area contributed by atoms with Gasteiger partial charge in [0, 0.05) is 43.6 Å². The van der Waals surface area contributed by atoms with Crippen LogP contribution in [0.15, 0.2) is 30.6 Å². The van der Waals surface area contributed by atoms with E-state index in [2.05, 4.69) is 17.2 Å². The fourth-order valence-corrected chi connectivity index (χ4v) is 2.67. The molecule has 4 heteroatoms. The number of likely N-dealkylation sites (tertiary alicyclic amines) is 1. The van der Waals surface area contributed by atoms with E-state index in [1.165, 1.54) is 0 Å². The van der Waals surface area contributed by atoms with Gasteiger partial charge in [0.05, 0.1) is 11.1 Å². The first-order chi connectivity index (χ1) is 8.78. The Balaban J connectivity index is 1.94. The Labute approximate surface area is 106 Å². The molecule has 3 heterocycles. The average Bonchev–Trinajstić information content (AvgIpc) is 2.92. The number of hydrogen-bond donors (Lipinski definition) is 1. The third kappa shape index (κ3) is 1.88. The third-order valence-corrected chi connectivity index (χ3v) is 3.58. The molecule has 18 heavy (non-hydrogen) atoms. The van der Waals surface area contributed by atoms with Crippen molar-refractivity contribution in [2.45, 2.75) is 19.0 Å². The van der Waals surface area contributed by atoms with Crippen LogP contribution in [-0.2, 0) is 6.54 Å². The summed E-state index contributed by atoms with van der Waals surface area (Å²) < 4.78 is 2.02. The van der Waals surface area contributed by atoms with Gasteiger partial charge in [-0.05, 0) is 18.6 Å². The van der Waals surface area contributed by atoms with Crippen molar-refractivity contribution in [2.24, 2.45) is 5.73 Å². The van der Waals surface area contributed by atoms with Crippen LogP contribution in [0.25, 0.3) is 5.52 Å². The molecule has 0 aliphatic carbocycles. The summed E-state index contributed by atoms with van der Waals surface area (Å²) in [5.74, 6) is 0. The SMILES string of the molecule is N#Cc1c(CN2CC[C@H](N)C2)cn2ccccc12. The van der Waals surface area contributed by atoms with E-state index < -0.39 is 0 Å². The van der Waals surface area contributed by atoms with E-state index >= 15 is 0 Å². The predicted molar refractivity (Wildman–Crippen MR) is 70.0 cm³/mol. The summed E-state index contributed by atoms with van der Waals surface area (Å²) in [6.45, 7) is 2.77. The minimum absolute atomic E-state index is 0.285. The lowest BCUT2D eigenvalue weighted by Crippen LogP contribution is -2.26. The van der Waals surface area contributed by atoms with Crippen LogP contribution < -0.4 is 5.73 Å². The number of pyridine rings is 1. The lowest BCUT2D eigenvalue weighted by molar-refractivity contribution is 0.327. The Morgan fingerprint density at radius 3 is 3.06 bits per heavy atom. The van der Waals surface area contributed by atoms with Crippen molar-refractivity contribution in [3.05, 3.63) is 41.7 Å². The molecular weight excluding hydrogens is 224 g/mol. The molecule has 0 spiro atoms. The Bertz CT molecular complexity index is 608. The summed E-state index contributed by atoms with van der Waals surface area (Å²) in [7, 11) is 0. The molecule has 1 atom stereocenters. The van der Waals surface area contributed by atoms with E-state index in [1.807, 2.05) is 28.8 Å². The molecule has 3 rings (SSSR count). The molecule has 0 radical (unpaired) electrons. The lowest BCUT2D eigenvalue weighted by atomic mass is 10.1. The zero-order chi connectivity index (χ0) is 12.5. The van der Waals surface area contributed by atoms with Gasteiger partial charge in [0.25, 0.3) is 0 Å². The van der Waals surface area contributed by atoms with E-state index in [0.717, 1.165) is 42.7 Å². The molecule has 0 aromatic carbocycles. The number of nitriles is 1. The quantitative estimate of drug-likeness (QED) is 0.862. The normalized spacial score (nSPS) is 20.3. The summed E-state index contributed by atoms with van der Waals surface area (Å²) in [4.78, 5) is 2.32. The van der Waals surface area contributed by atoms with E-state index in [4.69, 9.17) is 5.73 Å². The largest absolute Gasteiger partial charge is 0.326 e. The second-order valence-electron chi connectivity index (χ2n) is 4.92. The van der Waals surface area contributed by atoms with Crippen LogP contribution >= 0.6 is 0 Å². The van der Waals surface area contributed by atoms with Crippen LogP contribution in [0.3, 0.4) is 0 Å². The van der Waals surface area contributed by atoms with Crippen molar-refractivity contribution >= 4 is 5.52 Å². The lowest BCUT2D eigenvalue weighted by Gasteiger charge is -2.13. The first-order valence-electron chi connectivity index (χ1n) is 6.24. The van der Waals surface area contributed by atoms with E-state index in [1.54, 1.807) is 0 Å². The molecule has 2 aromatic rings. The molecule has 0 unspecified atom stereocenters. The highest BCUT2D eigenvalue weighted by atomic mass is 15.2. The molecule has 1 saturated heterocycles. The summed E-state index contributed by atoms with van der Waals surface area (Å²) in [6, 6.07) is 8.53. The highest BCUT2D eigenvalue weighted by Crippen LogP contribution is 2.21. The topological polar surface area (TPSA) is 57.5 Å². The highest BCUT2D eigenvalue weighted by Gasteiger charge is 2.21. The van der Waals surface area contributed by atoms with Crippen molar-refractivity contribution in [2.75, 3.05) is 13.1 Å². The monoisotopic (exact) mass is 240 g/mol. The minimum Gasteiger partial charge on any atom is -0.326 e. The number of rotatable bonds is 2. The fraction of sp³-hybridized carbons (Fsp3) is 0.357. The number of nitrogens with two attached hydrogens (primary N) is 1. The summed E-state index contributed by atoms with van der Waals surface area (Å²) in [5.41, 5.74) is 8.78. The second-order valence-corrected chi connectivity index (χ2v) is 4.92. The van der Waals surface area contributed by atoms with Gasteiger partial charge in [0.2, 0.25) is 0 Å². The highest BCUT2D eigenvalue weighted by molar-refractivity contribution is 5.65. The zero-order valence-corrected chi connectivity index (χ0v) is 10.2. The van der Waals surface area contributed by atoms with Gasteiger partial charge in [-0.25, -0.2) is 0 Å². The van der Waals surface area contributed by atoms with Gasteiger partial charge >= 0.3 is 0 Å². The number of nitrogens with zero attached hydrogens (tertiary/aromatic N) is 3. The molecule has 0 amide bonds. The van der Waals surface area contributed by atoms with Crippen LogP contribution in [-0.4, -0.2) is 28.4 Å². The van der Waals surface area contributed by atoms with Gasteiger partial charge in [-0.3, -0.25) is 4.90 Å². The van der Waals surface area contributed by atoms with Crippen LogP contribution in [0.5, 0.6) is 0 Å². The van der Waals surface area contributed by atoms with Crippen LogP contribution in [0, 0.1) is 11.3 Å². The fourth-order valence-electron chi connectivity index (χ4n) is 2.67. The summed E-state index contributed by atoms with van der Waals surface area (Å²) in [6.07, 6.45) is 5.09. The standard InChI is InChI=1S/C14H16N4/c15-7-13-11(8-17-6-4-12(16)10-17)9-18-5-2-1-3-14(13)18/h1-3,5,9,12H,4,6,8,10,16H2/t12-/m0/s1. The molecule has 2 N–H and O–H groups in total.